The zero-order valence-corrected chi connectivity index (χ0v) is 13.1. The van der Waals surface area contributed by atoms with Gasteiger partial charge >= 0.3 is 0 Å². The van der Waals surface area contributed by atoms with E-state index in [4.69, 9.17) is 0 Å². The zero-order valence-electron chi connectivity index (χ0n) is 13.1. The van der Waals surface area contributed by atoms with E-state index in [1.54, 1.807) is 6.08 Å². The second kappa shape index (κ2) is 7.32. The van der Waals surface area contributed by atoms with Crippen LogP contribution in [0.2, 0.25) is 0 Å². The Labute approximate surface area is 131 Å². The Balaban J connectivity index is 0.000000160. The molecule has 3 rings (SSSR count). The van der Waals surface area contributed by atoms with Gasteiger partial charge in [-0.2, -0.15) is 0 Å². The molecule has 22 heavy (non-hydrogen) atoms. The third kappa shape index (κ3) is 3.47. The molecule has 0 aliphatic carbocycles. The maximum Gasteiger partial charge on any atom is 0.0704 e. The van der Waals surface area contributed by atoms with Crippen LogP contribution in [0.15, 0.2) is 66.3 Å². The molecule has 110 valence electrons. The molecule has 0 saturated carbocycles. The molecule has 0 fully saturated rings. The van der Waals surface area contributed by atoms with Crippen molar-refractivity contribution in [2.75, 3.05) is 0 Å². The van der Waals surface area contributed by atoms with E-state index in [9.17, 15) is 0 Å². The summed E-state index contributed by atoms with van der Waals surface area (Å²) >= 11 is 0. The number of nitrogens with zero attached hydrogens (tertiary/aromatic N) is 2. The normalized spacial score (nSPS) is 9.73. The molecule has 0 atom stereocenters. The number of hydrogen-bond acceptors (Lipinski definition) is 2. The summed E-state index contributed by atoms with van der Waals surface area (Å²) in [5.74, 6) is 0. The molecule has 0 radical (unpaired) electrons. The first-order valence-electron chi connectivity index (χ1n) is 7.16. The molecule has 0 bridgehead atoms. The van der Waals surface area contributed by atoms with Crippen molar-refractivity contribution >= 4 is 29.4 Å². The van der Waals surface area contributed by atoms with Gasteiger partial charge in [0.25, 0.3) is 0 Å². The van der Waals surface area contributed by atoms with Gasteiger partial charge in [-0.1, -0.05) is 43.0 Å². The molecule has 0 aliphatic heterocycles. The summed E-state index contributed by atoms with van der Waals surface area (Å²) in [6.45, 7) is 11.3. The van der Waals surface area contributed by atoms with Gasteiger partial charge in [-0.15, -0.1) is 0 Å². The van der Waals surface area contributed by atoms with Crippen LogP contribution in [0.25, 0.3) is 17.0 Å². The molecular formula is C20H20N2. The van der Waals surface area contributed by atoms with Gasteiger partial charge in [0.05, 0.1) is 11.2 Å². The van der Waals surface area contributed by atoms with Gasteiger partial charge in [0, 0.05) is 17.1 Å². The van der Waals surface area contributed by atoms with E-state index in [0.717, 1.165) is 16.8 Å². The van der Waals surface area contributed by atoms with Crippen LogP contribution in [0.5, 0.6) is 0 Å². The Morgan fingerprint density at radius 2 is 1.73 bits per heavy atom. The quantitative estimate of drug-likeness (QED) is 0.570. The van der Waals surface area contributed by atoms with Gasteiger partial charge < -0.3 is 0 Å². The number of aryl methyl sites for hydroxylation is 2. The number of para-hydroxylation sites is 1. The van der Waals surface area contributed by atoms with E-state index >= 15 is 0 Å². The fourth-order valence-corrected chi connectivity index (χ4v) is 2.31. The summed E-state index contributed by atoms with van der Waals surface area (Å²) in [6, 6.07) is 16.1. The Hall–Kier alpha value is -2.74. The monoisotopic (exact) mass is 288 g/mol. The first-order valence-corrected chi connectivity index (χ1v) is 7.16. The Morgan fingerprint density at radius 3 is 2.36 bits per heavy atom. The van der Waals surface area contributed by atoms with Crippen molar-refractivity contribution in [3.8, 4) is 0 Å². The maximum absolute atomic E-state index is 4.24. The lowest BCUT2D eigenvalue weighted by Crippen LogP contribution is -1.79. The van der Waals surface area contributed by atoms with E-state index in [0.29, 0.717) is 0 Å². The first-order chi connectivity index (χ1) is 10.7. The number of aromatic nitrogens is 1. The summed E-state index contributed by atoms with van der Waals surface area (Å²) in [5, 5.41) is 1.25. The van der Waals surface area contributed by atoms with Crippen LogP contribution in [0.3, 0.4) is 0 Å². The smallest absolute Gasteiger partial charge is 0.0704 e. The highest BCUT2D eigenvalue weighted by Gasteiger charge is 1.97. The average Bonchev–Trinajstić information content (AvgIpc) is 2.55. The van der Waals surface area contributed by atoms with Crippen molar-refractivity contribution in [1.82, 2.24) is 4.98 Å². The average molecular weight is 288 g/mol. The van der Waals surface area contributed by atoms with Crippen LogP contribution < -0.4 is 0 Å². The first kappa shape index (κ1) is 15.6. The van der Waals surface area contributed by atoms with Gasteiger partial charge in [0.1, 0.15) is 0 Å². The van der Waals surface area contributed by atoms with Crippen molar-refractivity contribution in [2.45, 2.75) is 13.8 Å². The summed E-state index contributed by atoms with van der Waals surface area (Å²) in [6.07, 6.45) is 3.65. The molecular weight excluding hydrogens is 268 g/mol. The summed E-state index contributed by atoms with van der Waals surface area (Å²) in [5.41, 5.74) is 5.52. The molecule has 1 heterocycles. The molecule has 0 aliphatic rings. The van der Waals surface area contributed by atoms with Crippen LogP contribution in [0.1, 0.15) is 16.7 Å². The van der Waals surface area contributed by atoms with Crippen LogP contribution >= 0.6 is 0 Å². The van der Waals surface area contributed by atoms with E-state index in [-0.39, 0.29) is 0 Å². The molecule has 0 N–H and O–H groups in total. The number of pyridine rings is 1. The lowest BCUT2D eigenvalue weighted by Gasteiger charge is -2.02. The van der Waals surface area contributed by atoms with Gasteiger partial charge in [0.15, 0.2) is 0 Å². The minimum atomic E-state index is 0.903. The van der Waals surface area contributed by atoms with Gasteiger partial charge in [-0.3, -0.25) is 9.98 Å². The molecule has 3 aromatic rings. The minimum absolute atomic E-state index is 0.903. The second-order valence-corrected chi connectivity index (χ2v) is 5.01. The molecule has 2 nitrogen and oxygen atoms in total. The second-order valence-electron chi connectivity index (χ2n) is 5.01. The number of aliphatic imine (C=N–C) groups is 1. The molecule has 2 aromatic carbocycles. The third-order valence-electron chi connectivity index (χ3n) is 3.54. The number of hydrogen-bond donors (Lipinski definition) is 0. The molecule has 0 saturated heterocycles. The van der Waals surface area contributed by atoms with Gasteiger partial charge in [-0.05, 0) is 49.9 Å². The van der Waals surface area contributed by atoms with Crippen molar-refractivity contribution in [1.29, 1.82) is 0 Å². The highest BCUT2D eigenvalue weighted by Crippen LogP contribution is 2.22. The van der Waals surface area contributed by atoms with Crippen LogP contribution in [0, 0.1) is 13.8 Å². The predicted molar refractivity (Wildman–Crippen MR) is 97.0 cm³/mol. The number of rotatable bonds is 2. The van der Waals surface area contributed by atoms with E-state index in [2.05, 4.69) is 36.3 Å². The lowest BCUT2D eigenvalue weighted by atomic mass is 10.1. The van der Waals surface area contributed by atoms with Gasteiger partial charge in [0.2, 0.25) is 0 Å². The highest BCUT2D eigenvalue weighted by atomic mass is 14.7. The van der Waals surface area contributed by atoms with E-state index < -0.39 is 0 Å². The topological polar surface area (TPSA) is 25.2 Å². The number of benzene rings is 2. The molecule has 0 spiro atoms. The standard InChI is InChI=1S/C10H9N.C10H11N/c1-8-6-7-11-10-5-3-2-4-9(8)10;1-4-9-8(2)6-5-7-10(9)11-3/h2-7H,1H3;4-7H,1,3H2,2H3. The fourth-order valence-electron chi connectivity index (χ4n) is 2.31. The van der Waals surface area contributed by atoms with Crippen molar-refractivity contribution in [3.63, 3.8) is 0 Å². The van der Waals surface area contributed by atoms with Gasteiger partial charge in [-0.25, -0.2) is 0 Å². The summed E-state index contributed by atoms with van der Waals surface area (Å²) in [7, 11) is 0. The zero-order chi connectivity index (χ0) is 15.9. The van der Waals surface area contributed by atoms with Crippen molar-refractivity contribution in [3.05, 3.63) is 78.0 Å². The van der Waals surface area contributed by atoms with Crippen molar-refractivity contribution < 1.29 is 0 Å². The third-order valence-corrected chi connectivity index (χ3v) is 3.54. The highest BCUT2D eigenvalue weighted by molar-refractivity contribution is 5.81. The largest absolute Gasteiger partial charge is 0.264 e. The number of fused-ring (bicyclic) bond motifs is 1. The van der Waals surface area contributed by atoms with E-state index in [1.165, 1.54) is 16.5 Å². The maximum atomic E-state index is 4.24. The predicted octanol–water partition coefficient (Wildman–Crippen LogP) is 5.51. The minimum Gasteiger partial charge on any atom is -0.264 e. The Kier molecular flexibility index (Phi) is 5.21. The fraction of sp³-hybridized carbons (Fsp3) is 0.100. The Bertz CT molecular complexity index is 798. The Morgan fingerprint density at radius 1 is 0.955 bits per heavy atom. The van der Waals surface area contributed by atoms with E-state index in [1.807, 2.05) is 55.6 Å². The molecule has 2 heteroatoms. The molecule has 0 amide bonds. The summed E-state index contributed by atoms with van der Waals surface area (Å²) < 4.78 is 0. The van der Waals surface area contributed by atoms with Crippen LogP contribution in [-0.4, -0.2) is 11.7 Å². The SMILES string of the molecule is C=Cc1c(C)cccc1N=C.Cc1ccnc2ccccc12. The molecule has 1 aromatic heterocycles. The van der Waals surface area contributed by atoms with Crippen molar-refractivity contribution in [2.24, 2.45) is 4.99 Å². The lowest BCUT2D eigenvalue weighted by molar-refractivity contribution is 1.37. The van der Waals surface area contributed by atoms with Crippen LogP contribution in [0.4, 0.5) is 5.69 Å². The molecule has 0 unspecified atom stereocenters. The van der Waals surface area contributed by atoms with Crippen LogP contribution in [-0.2, 0) is 0 Å². The summed E-state index contributed by atoms with van der Waals surface area (Å²) in [4.78, 5) is 8.12.